The fourth-order valence-corrected chi connectivity index (χ4v) is 3.77. The van der Waals surface area contributed by atoms with Crippen LogP contribution >= 0.6 is 0 Å². The van der Waals surface area contributed by atoms with E-state index in [1.54, 1.807) is 0 Å². The molecule has 0 saturated carbocycles. The van der Waals surface area contributed by atoms with E-state index < -0.39 is 5.79 Å². The number of benzene rings is 1. The summed E-state index contributed by atoms with van der Waals surface area (Å²) < 4.78 is 13.3. The number of hydrogen-bond acceptors (Lipinski definition) is 4. The molecule has 2 aromatic rings. The van der Waals surface area contributed by atoms with Crippen LogP contribution in [0.1, 0.15) is 34.6 Å². The van der Waals surface area contributed by atoms with Crippen molar-refractivity contribution >= 4 is 5.91 Å². The summed E-state index contributed by atoms with van der Waals surface area (Å²) in [6.45, 7) is 6.44. The number of para-hydroxylation sites is 1. The van der Waals surface area contributed by atoms with E-state index in [0.717, 1.165) is 29.9 Å². The Morgan fingerprint density at radius 3 is 2.36 bits per heavy atom. The quantitative estimate of drug-likeness (QED) is 0.842. The minimum atomic E-state index is -0.463. The molecule has 132 valence electrons. The van der Waals surface area contributed by atoms with Gasteiger partial charge in [-0.15, -0.1) is 0 Å². The van der Waals surface area contributed by atoms with Gasteiger partial charge in [0.2, 0.25) is 0 Å². The predicted octanol–water partition coefficient (Wildman–Crippen LogP) is 2.47. The van der Waals surface area contributed by atoms with Crippen molar-refractivity contribution in [2.75, 3.05) is 26.3 Å². The average molecular weight is 341 g/mol. The van der Waals surface area contributed by atoms with Crippen molar-refractivity contribution < 1.29 is 14.3 Å². The van der Waals surface area contributed by atoms with Crippen LogP contribution in [-0.4, -0.2) is 52.7 Å². The third kappa shape index (κ3) is 2.85. The highest BCUT2D eigenvalue weighted by molar-refractivity contribution is 5.96. The van der Waals surface area contributed by atoms with Crippen LogP contribution in [0, 0.1) is 13.8 Å². The molecule has 2 fully saturated rings. The summed E-state index contributed by atoms with van der Waals surface area (Å²) in [6, 6.07) is 9.90. The van der Waals surface area contributed by atoms with Gasteiger partial charge in [-0.05, 0) is 26.0 Å². The number of carbonyl (C=O) groups excluding carboxylic acids is 1. The summed E-state index contributed by atoms with van der Waals surface area (Å²) in [5.41, 5.74) is 3.31. The summed E-state index contributed by atoms with van der Waals surface area (Å²) in [7, 11) is 0. The Hall–Kier alpha value is -2.18. The predicted molar refractivity (Wildman–Crippen MR) is 92.8 cm³/mol. The van der Waals surface area contributed by atoms with E-state index in [0.29, 0.717) is 31.9 Å². The van der Waals surface area contributed by atoms with Crippen molar-refractivity contribution in [1.29, 1.82) is 0 Å². The molecule has 2 aliphatic heterocycles. The fraction of sp³-hybridized carbons (Fsp3) is 0.474. The van der Waals surface area contributed by atoms with Crippen molar-refractivity contribution in [3.8, 4) is 5.69 Å². The van der Waals surface area contributed by atoms with Crippen molar-refractivity contribution in [2.24, 2.45) is 0 Å². The molecule has 2 saturated heterocycles. The van der Waals surface area contributed by atoms with E-state index in [2.05, 4.69) is 5.10 Å². The Bertz CT molecular complexity index is 769. The van der Waals surface area contributed by atoms with E-state index in [1.165, 1.54) is 0 Å². The van der Waals surface area contributed by atoms with Gasteiger partial charge in [0.25, 0.3) is 5.91 Å². The van der Waals surface area contributed by atoms with E-state index in [1.807, 2.05) is 53.8 Å². The number of aromatic nitrogens is 2. The largest absolute Gasteiger partial charge is 0.347 e. The van der Waals surface area contributed by atoms with Gasteiger partial charge in [-0.2, -0.15) is 5.10 Å². The fourth-order valence-electron chi connectivity index (χ4n) is 3.77. The van der Waals surface area contributed by atoms with Crippen molar-refractivity contribution in [1.82, 2.24) is 14.7 Å². The lowest BCUT2D eigenvalue weighted by atomic mass is 10.0. The van der Waals surface area contributed by atoms with Gasteiger partial charge in [0, 0.05) is 25.9 Å². The highest BCUT2D eigenvalue weighted by atomic mass is 16.7. The lowest BCUT2D eigenvalue weighted by Crippen LogP contribution is -2.47. The molecular formula is C19H23N3O3. The molecule has 0 unspecified atom stereocenters. The van der Waals surface area contributed by atoms with Gasteiger partial charge in [0.05, 0.1) is 35.9 Å². The van der Waals surface area contributed by atoms with Gasteiger partial charge in [0.1, 0.15) is 0 Å². The summed E-state index contributed by atoms with van der Waals surface area (Å²) in [5.74, 6) is -0.417. The van der Waals surface area contributed by atoms with Crippen molar-refractivity contribution in [3.05, 3.63) is 47.3 Å². The molecule has 4 rings (SSSR count). The van der Waals surface area contributed by atoms with Crippen molar-refractivity contribution in [3.63, 3.8) is 0 Å². The SMILES string of the molecule is Cc1nn(-c2ccccc2)c(C)c1C(=O)N1CCC2(CC1)OCCO2. The molecule has 25 heavy (non-hydrogen) atoms. The Morgan fingerprint density at radius 2 is 1.72 bits per heavy atom. The van der Waals surface area contributed by atoms with Crippen molar-refractivity contribution in [2.45, 2.75) is 32.5 Å². The van der Waals surface area contributed by atoms with Crippen LogP contribution < -0.4 is 0 Å². The molecule has 1 spiro atoms. The molecule has 6 heteroatoms. The van der Waals surface area contributed by atoms with Crippen LogP contribution in [-0.2, 0) is 9.47 Å². The topological polar surface area (TPSA) is 56.6 Å². The van der Waals surface area contributed by atoms with Gasteiger partial charge in [-0.1, -0.05) is 18.2 Å². The van der Waals surface area contributed by atoms with Crippen LogP contribution in [0.15, 0.2) is 30.3 Å². The Balaban J connectivity index is 1.56. The van der Waals surface area contributed by atoms with Crippen LogP contribution in [0.4, 0.5) is 0 Å². The van der Waals surface area contributed by atoms with Crippen LogP contribution in [0.3, 0.4) is 0 Å². The van der Waals surface area contributed by atoms with E-state index >= 15 is 0 Å². The second kappa shape index (κ2) is 6.28. The standard InChI is InChI=1S/C19H23N3O3/c1-14-17(15(2)22(20-14)16-6-4-3-5-7-16)18(23)21-10-8-19(9-11-21)24-12-13-25-19/h3-7H,8-13H2,1-2H3. The van der Waals surface area contributed by atoms with Crippen LogP contribution in [0.5, 0.6) is 0 Å². The summed E-state index contributed by atoms with van der Waals surface area (Å²) in [6.07, 6.45) is 1.45. The first-order valence-electron chi connectivity index (χ1n) is 8.78. The molecule has 2 aliphatic rings. The molecule has 1 amide bonds. The molecule has 3 heterocycles. The van der Waals surface area contributed by atoms with Gasteiger partial charge in [0.15, 0.2) is 5.79 Å². The third-order valence-corrected chi connectivity index (χ3v) is 5.13. The number of ether oxygens (including phenoxy) is 2. The molecule has 6 nitrogen and oxygen atoms in total. The zero-order valence-corrected chi connectivity index (χ0v) is 14.7. The van der Waals surface area contributed by atoms with Gasteiger partial charge >= 0.3 is 0 Å². The monoisotopic (exact) mass is 341 g/mol. The maximum absolute atomic E-state index is 13.1. The smallest absolute Gasteiger partial charge is 0.257 e. The first-order valence-corrected chi connectivity index (χ1v) is 8.78. The Kier molecular flexibility index (Phi) is 4.09. The average Bonchev–Trinajstić information content (AvgIpc) is 3.20. The molecule has 0 bridgehead atoms. The van der Waals surface area contributed by atoms with Gasteiger partial charge in [-0.3, -0.25) is 4.79 Å². The lowest BCUT2D eigenvalue weighted by Gasteiger charge is -2.37. The van der Waals surface area contributed by atoms with Crippen LogP contribution in [0.25, 0.3) is 5.69 Å². The van der Waals surface area contributed by atoms with E-state index in [9.17, 15) is 4.79 Å². The van der Waals surface area contributed by atoms with Gasteiger partial charge < -0.3 is 14.4 Å². The highest BCUT2D eigenvalue weighted by Gasteiger charge is 2.41. The first-order chi connectivity index (χ1) is 12.1. The Labute approximate surface area is 147 Å². The normalized spacial score (nSPS) is 19.5. The first kappa shape index (κ1) is 16.3. The number of aryl methyl sites for hydroxylation is 1. The molecule has 1 aromatic carbocycles. The molecule has 0 radical (unpaired) electrons. The summed E-state index contributed by atoms with van der Waals surface area (Å²) in [4.78, 5) is 15.0. The lowest BCUT2D eigenvalue weighted by molar-refractivity contribution is -0.181. The second-order valence-corrected chi connectivity index (χ2v) is 6.69. The molecule has 0 N–H and O–H groups in total. The Morgan fingerprint density at radius 1 is 1.08 bits per heavy atom. The third-order valence-electron chi connectivity index (χ3n) is 5.13. The minimum Gasteiger partial charge on any atom is -0.347 e. The zero-order chi connectivity index (χ0) is 17.4. The second-order valence-electron chi connectivity index (χ2n) is 6.69. The number of piperidine rings is 1. The number of rotatable bonds is 2. The highest BCUT2D eigenvalue weighted by Crippen LogP contribution is 2.32. The van der Waals surface area contributed by atoms with Crippen LogP contribution in [0.2, 0.25) is 0 Å². The zero-order valence-electron chi connectivity index (χ0n) is 14.7. The summed E-state index contributed by atoms with van der Waals surface area (Å²) >= 11 is 0. The number of carbonyl (C=O) groups is 1. The summed E-state index contributed by atoms with van der Waals surface area (Å²) in [5, 5.41) is 4.59. The van der Waals surface area contributed by atoms with E-state index in [4.69, 9.17) is 9.47 Å². The van der Waals surface area contributed by atoms with E-state index in [-0.39, 0.29) is 5.91 Å². The number of hydrogen-bond donors (Lipinski definition) is 0. The number of amides is 1. The molecular weight excluding hydrogens is 318 g/mol. The molecule has 0 aliphatic carbocycles. The molecule has 0 atom stereocenters. The maximum Gasteiger partial charge on any atom is 0.257 e. The number of nitrogens with zero attached hydrogens (tertiary/aromatic N) is 3. The number of likely N-dealkylation sites (tertiary alicyclic amines) is 1. The molecule has 1 aromatic heterocycles. The minimum absolute atomic E-state index is 0.0463. The van der Waals surface area contributed by atoms with Gasteiger partial charge in [-0.25, -0.2) is 4.68 Å². The maximum atomic E-state index is 13.1.